The van der Waals surface area contributed by atoms with Crippen molar-refractivity contribution in [1.29, 1.82) is 0 Å². The van der Waals surface area contributed by atoms with Crippen molar-refractivity contribution in [3.8, 4) is 0 Å². The first-order chi connectivity index (χ1) is 11.6. The molecule has 1 saturated heterocycles. The average Bonchev–Trinajstić information content (AvgIpc) is 2.59. The number of benzene rings is 1. The molecule has 2 fully saturated rings. The van der Waals surface area contributed by atoms with Gasteiger partial charge >= 0.3 is 0 Å². The van der Waals surface area contributed by atoms with Gasteiger partial charge in [0.05, 0.1) is 0 Å². The highest BCUT2D eigenvalue weighted by molar-refractivity contribution is 5.86. The lowest BCUT2D eigenvalue weighted by molar-refractivity contribution is -0.157. The first kappa shape index (κ1) is 17.4. The summed E-state index contributed by atoms with van der Waals surface area (Å²) in [6.45, 7) is 3.78. The molecule has 0 unspecified atom stereocenters. The molecule has 4 nitrogen and oxygen atoms in total. The molecular weight excluding hydrogens is 300 g/mol. The van der Waals surface area contributed by atoms with Gasteiger partial charge in [-0.3, -0.25) is 4.79 Å². The van der Waals surface area contributed by atoms with E-state index in [-0.39, 0.29) is 5.91 Å². The van der Waals surface area contributed by atoms with E-state index >= 15 is 0 Å². The van der Waals surface area contributed by atoms with Crippen molar-refractivity contribution < 1.29 is 9.90 Å². The van der Waals surface area contributed by atoms with Gasteiger partial charge < -0.3 is 15.3 Å². The van der Waals surface area contributed by atoms with E-state index in [0.717, 1.165) is 31.4 Å². The minimum Gasteiger partial charge on any atom is -0.379 e. The van der Waals surface area contributed by atoms with Crippen LogP contribution in [0.5, 0.6) is 0 Å². The van der Waals surface area contributed by atoms with E-state index in [0.29, 0.717) is 25.6 Å². The van der Waals surface area contributed by atoms with E-state index in [1.54, 1.807) is 0 Å². The number of likely N-dealkylation sites (tertiary alicyclic amines) is 1. The fourth-order valence-electron chi connectivity index (χ4n) is 4.03. The molecule has 1 heterocycles. The Bertz CT molecular complexity index is 569. The minimum absolute atomic E-state index is 0.112. The Morgan fingerprint density at radius 3 is 2.79 bits per heavy atom. The molecule has 132 valence electrons. The van der Waals surface area contributed by atoms with Crippen LogP contribution in [0.4, 0.5) is 0 Å². The molecule has 2 aliphatic rings. The molecule has 1 aromatic carbocycles. The van der Waals surface area contributed by atoms with Crippen LogP contribution in [0.2, 0.25) is 0 Å². The van der Waals surface area contributed by atoms with E-state index in [4.69, 9.17) is 0 Å². The Labute approximate surface area is 145 Å². The molecule has 1 amide bonds. The number of nitrogens with zero attached hydrogens (tertiary/aromatic N) is 1. The van der Waals surface area contributed by atoms with Crippen molar-refractivity contribution in [2.75, 3.05) is 13.1 Å². The Balaban J connectivity index is 1.60. The first-order valence-electron chi connectivity index (χ1n) is 9.37. The van der Waals surface area contributed by atoms with Gasteiger partial charge in [-0.1, -0.05) is 49.1 Å². The van der Waals surface area contributed by atoms with Gasteiger partial charge in [-0.05, 0) is 38.2 Å². The molecular formula is C20H30N2O2. The summed E-state index contributed by atoms with van der Waals surface area (Å²) >= 11 is 0. The normalized spacial score (nSPS) is 25.9. The number of aryl methyl sites for hydroxylation is 1. The third kappa shape index (κ3) is 4.17. The van der Waals surface area contributed by atoms with Gasteiger partial charge in [0, 0.05) is 25.7 Å². The van der Waals surface area contributed by atoms with Gasteiger partial charge in [0.2, 0.25) is 0 Å². The average molecular weight is 330 g/mol. The van der Waals surface area contributed by atoms with Crippen LogP contribution in [0.25, 0.3) is 0 Å². The third-order valence-electron chi connectivity index (χ3n) is 5.45. The number of aliphatic hydroxyl groups is 1. The number of hydrogen-bond donors (Lipinski definition) is 2. The molecule has 0 aromatic heterocycles. The van der Waals surface area contributed by atoms with Crippen LogP contribution in [-0.4, -0.2) is 40.6 Å². The summed E-state index contributed by atoms with van der Waals surface area (Å²) in [4.78, 5) is 14.7. The van der Waals surface area contributed by atoms with Crippen LogP contribution in [0.15, 0.2) is 24.3 Å². The van der Waals surface area contributed by atoms with Crippen LogP contribution >= 0.6 is 0 Å². The summed E-state index contributed by atoms with van der Waals surface area (Å²) < 4.78 is 0. The topological polar surface area (TPSA) is 52.6 Å². The zero-order valence-corrected chi connectivity index (χ0v) is 14.8. The molecule has 1 saturated carbocycles. The molecule has 1 aliphatic carbocycles. The quantitative estimate of drug-likeness (QED) is 0.873. The van der Waals surface area contributed by atoms with Gasteiger partial charge in [-0.25, -0.2) is 0 Å². The summed E-state index contributed by atoms with van der Waals surface area (Å²) in [6, 6.07) is 8.71. The van der Waals surface area contributed by atoms with Crippen LogP contribution < -0.4 is 5.32 Å². The number of hydrogen-bond acceptors (Lipinski definition) is 3. The number of carbonyl (C=O) groups excluding carboxylic acids is 1. The van der Waals surface area contributed by atoms with Gasteiger partial charge in [-0.2, -0.15) is 0 Å². The zero-order valence-electron chi connectivity index (χ0n) is 14.8. The van der Waals surface area contributed by atoms with Gasteiger partial charge in [0.1, 0.15) is 0 Å². The lowest BCUT2D eigenvalue weighted by atomic mass is 9.89. The zero-order chi connectivity index (χ0) is 17.0. The third-order valence-corrected chi connectivity index (χ3v) is 5.45. The van der Waals surface area contributed by atoms with E-state index in [9.17, 15) is 9.90 Å². The maximum atomic E-state index is 12.8. The Kier molecular flexibility index (Phi) is 5.57. The highest BCUT2D eigenvalue weighted by Crippen LogP contribution is 2.25. The van der Waals surface area contributed by atoms with E-state index < -0.39 is 5.60 Å². The molecule has 3 rings (SSSR count). The van der Waals surface area contributed by atoms with Gasteiger partial charge in [0.15, 0.2) is 5.60 Å². The molecule has 0 bridgehead atoms. The molecule has 4 heteroatoms. The van der Waals surface area contributed by atoms with Crippen molar-refractivity contribution in [1.82, 2.24) is 10.2 Å². The number of nitrogens with one attached hydrogen (secondary N) is 1. The van der Waals surface area contributed by atoms with Crippen molar-refractivity contribution in [2.24, 2.45) is 0 Å². The standard InChI is InChI=1S/C20H30N2O2/c1-16-7-5-8-17(13-16)14-22-12-6-11-20(24,19(22)23)15-21-18-9-3-2-4-10-18/h5,7-8,13,18,21,24H,2-4,6,9-12,14-15H2,1H3/t20-/m1/s1. The summed E-state index contributed by atoms with van der Waals surface area (Å²) in [5.41, 5.74) is 1.10. The largest absolute Gasteiger partial charge is 0.379 e. The highest BCUT2D eigenvalue weighted by atomic mass is 16.3. The second-order valence-corrected chi connectivity index (χ2v) is 7.57. The molecule has 2 N–H and O–H groups in total. The van der Waals surface area contributed by atoms with E-state index in [1.165, 1.54) is 24.8 Å². The monoisotopic (exact) mass is 330 g/mol. The molecule has 1 aromatic rings. The second-order valence-electron chi connectivity index (χ2n) is 7.57. The van der Waals surface area contributed by atoms with E-state index in [2.05, 4.69) is 24.4 Å². The number of rotatable bonds is 5. The van der Waals surface area contributed by atoms with Crippen molar-refractivity contribution in [2.45, 2.75) is 70.1 Å². The first-order valence-corrected chi connectivity index (χ1v) is 9.37. The minimum atomic E-state index is -1.24. The van der Waals surface area contributed by atoms with Gasteiger partial charge in [0.25, 0.3) is 5.91 Å². The smallest absolute Gasteiger partial charge is 0.256 e. The number of carbonyl (C=O) groups is 1. The maximum Gasteiger partial charge on any atom is 0.256 e. The van der Waals surface area contributed by atoms with Crippen molar-refractivity contribution in [3.05, 3.63) is 35.4 Å². The summed E-state index contributed by atoms with van der Waals surface area (Å²) in [6.07, 6.45) is 7.57. The highest BCUT2D eigenvalue weighted by Gasteiger charge is 2.42. The van der Waals surface area contributed by atoms with Gasteiger partial charge in [-0.15, -0.1) is 0 Å². The second kappa shape index (κ2) is 7.66. The van der Waals surface area contributed by atoms with E-state index in [1.807, 2.05) is 17.0 Å². The number of amides is 1. The summed E-state index contributed by atoms with van der Waals surface area (Å²) in [5, 5.41) is 14.4. The van der Waals surface area contributed by atoms with Crippen molar-refractivity contribution in [3.63, 3.8) is 0 Å². The molecule has 1 atom stereocenters. The number of piperidine rings is 1. The molecule has 0 spiro atoms. The Morgan fingerprint density at radius 1 is 1.25 bits per heavy atom. The maximum absolute atomic E-state index is 12.8. The van der Waals surface area contributed by atoms with Crippen LogP contribution in [-0.2, 0) is 11.3 Å². The lowest BCUT2D eigenvalue weighted by Gasteiger charge is -2.39. The SMILES string of the molecule is Cc1cccc(CN2CCC[C@@](O)(CNC3CCCCC3)C2=O)c1. The predicted molar refractivity (Wildman–Crippen MR) is 95.7 cm³/mol. The predicted octanol–water partition coefficient (Wildman–Crippen LogP) is 2.77. The molecule has 24 heavy (non-hydrogen) atoms. The van der Waals surface area contributed by atoms with Crippen molar-refractivity contribution >= 4 is 5.91 Å². The molecule has 0 radical (unpaired) electrons. The Hall–Kier alpha value is -1.39. The van der Waals surface area contributed by atoms with Crippen LogP contribution in [0, 0.1) is 6.92 Å². The fourth-order valence-corrected chi connectivity index (χ4v) is 4.03. The Morgan fingerprint density at radius 2 is 2.04 bits per heavy atom. The van der Waals surface area contributed by atoms with Crippen LogP contribution in [0.3, 0.4) is 0 Å². The lowest BCUT2D eigenvalue weighted by Crippen LogP contribution is -2.58. The summed E-state index contributed by atoms with van der Waals surface area (Å²) in [5.74, 6) is -0.112. The molecule has 1 aliphatic heterocycles. The van der Waals surface area contributed by atoms with Crippen LogP contribution in [0.1, 0.15) is 56.1 Å². The fraction of sp³-hybridized carbons (Fsp3) is 0.650. The summed E-state index contributed by atoms with van der Waals surface area (Å²) in [7, 11) is 0.